The van der Waals surface area contributed by atoms with Crippen LogP contribution in [0.25, 0.3) is 0 Å². The molecule has 160 valence electrons. The molecule has 29 heavy (non-hydrogen) atoms. The second kappa shape index (κ2) is 9.30. The van der Waals surface area contributed by atoms with Crippen LogP contribution in [0.1, 0.15) is 53.2 Å². The predicted molar refractivity (Wildman–Crippen MR) is 110 cm³/mol. The van der Waals surface area contributed by atoms with Crippen LogP contribution in [0, 0.1) is 17.8 Å². The summed E-state index contributed by atoms with van der Waals surface area (Å²) in [6.45, 7) is 7.88. The van der Waals surface area contributed by atoms with E-state index in [4.69, 9.17) is 9.47 Å². The Morgan fingerprint density at radius 1 is 1.38 bits per heavy atom. The molecular formula is C20H29N3O5S. The number of anilines is 1. The average Bonchev–Trinajstić information content (AvgIpc) is 3.11. The van der Waals surface area contributed by atoms with Gasteiger partial charge in [-0.05, 0) is 36.7 Å². The molecule has 1 amide bonds. The van der Waals surface area contributed by atoms with E-state index in [-0.39, 0.29) is 23.8 Å². The lowest BCUT2D eigenvalue weighted by molar-refractivity contribution is -0.166. The molecule has 3 rings (SSSR count). The number of thioether (sulfide) groups is 1. The summed E-state index contributed by atoms with van der Waals surface area (Å²) in [4.78, 5) is 39.9. The Morgan fingerprint density at radius 2 is 2.14 bits per heavy atom. The number of nitrogens with zero attached hydrogens (tertiary/aromatic N) is 2. The largest absolute Gasteiger partial charge is 0.459 e. The van der Waals surface area contributed by atoms with Crippen molar-refractivity contribution in [3.05, 3.63) is 22.7 Å². The van der Waals surface area contributed by atoms with Crippen LogP contribution in [0.3, 0.4) is 0 Å². The minimum atomic E-state index is -0.757. The molecule has 2 fully saturated rings. The highest BCUT2D eigenvalue weighted by atomic mass is 32.2. The molecule has 1 aliphatic heterocycles. The molecule has 0 bridgehead atoms. The van der Waals surface area contributed by atoms with Crippen molar-refractivity contribution in [2.45, 2.75) is 64.7 Å². The zero-order valence-corrected chi connectivity index (χ0v) is 18.1. The summed E-state index contributed by atoms with van der Waals surface area (Å²) >= 11 is 1.32. The summed E-state index contributed by atoms with van der Waals surface area (Å²) in [5, 5.41) is 2.47. The number of amides is 1. The SMILES string of the molecule is CC(=O)Nc1ccn(C2CSC(C(=O)OC3CC(C)CCC3C(C)C)O2)c(=O)n1. The molecule has 8 nitrogen and oxygen atoms in total. The molecule has 0 aromatic carbocycles. The molecule has 2 aliphatic rings. The third-order valence-corrected chi connectivity index (χ3v) is 6.62. The summed E-state index contributed by atoms with van der Waals surface area (Å²) in [5.74, 6) is 1.31. The first-order valence-corrected chi connectivity index (χ1v) is 11.1. The lowest BCUT2D eigenvalue weighted by Crippen LogP contribution is -2.38. The van der Waals surface area contributed by atoms with Gasteiger partial charge in [-0.25, -0.2) is 9.59 Å². The average molecular weight is 424 g/mol. The molecule has 0 radical (unpaired) electrons. The molecule has 2 heterocycles. The summed E-state index contributed by atoms with van der Waals surface area (Å²) in [6.07, 6.45) is 3.93. The maximum absolute atomic E-state index is 12.7. The first-order chi connectivity index (χ1) is 13.7. The van der Waals surface area contributed by atoms with Crippen molar-refractivity contribution in [1.82, 2.24) is 9.55 Å². The van der Waals surface area contributed by atoms with Gasteiger partial charge >= 0.3 is 11.7 Å². The van der Waals surface area contributed by atoms with Gasteiger partial charge in [0.2, 0.25) is 11.3 Å². The van der Waals surface area contributed by atoms with Gasteiger partial charge in [-0.2, -0.15) is 4.98 Å². The fraction of sp³-hybridized carbons (Fsp3) is 0.700. The third kappa shape index (κ3) is 5.39. The van der Waals surface area contributed by atoms with Crippen molar-refractivity contribution in [2.24, 2.45) is 17.8 Å². The number of aromatic nitrogens is 2. The van der Waals surface area contributed by atoms with E-state index in [0.29, 0.717) is 23.5 Å². The zero-order valence-electron chi connectivity index (χ0n) is 17.3. The van der Waals surface area contributed by atoms with Gasteiger partial charge in [-0.3, -0.25) is 9.36 Å². The Hall–Kier alpha value is -1.87. The van der Waals surface area contributed by atoms with Gasteiger partial charge in [0, 0.05) is 18.9 Å². The van der Waals surface area contributed by atoms with E-state index in [1.165, 1.54) is 35.5 Å². The predicted octanol–water partition coefficient (Wildman–Crippen LogP) is 2.79. The fourth-order valence-electron chi connectivity index (χ4n) is 4.00. The van der Waals surface area contributed by atoms with Gasteiger partial charge in [0.1, 0.15) is 18.1 Å². The highest BCUT2D eigenvalue weighted by Crippen LogP contribution is 2.37. The van der Waals surface area contributed by atoms with Crippen LogP contribution in [0.5, 0.6) is 0 Å². The summed E-state index contributed by atoms with van der Waals surface area (Å²) in [6, 6.07) is 1.53. The molecule has 1 N–H and O–H groups in total. The molecule has 5 unspecified atom stereocenters. The van der Waals surface area contributed by atoms with E-state index in [9.17, 15) is 14.4 Å². The molecule has 0 spiro atoms. The van der Waals surface area contributed by atoms with Gasteiger partial charge < -0.3 is 14.8 Å². The Kier molecular flexibility index (Phi) is 7.00. The Morgan fingerprint density at radius 3 is 2.79 bits per heavy atom. The number of ether oxygens (including phenoxy) is 2. The lowest BCUT2D eigenvalue weighted by atomic mass is 9.75. The van der Waals surface area contributed by atoms with Crippen molar-refractivity contribution >= 4 is 29.5 Å². The van der Waals surface area contributed by atoms with Crippen LogP contribution in [-0.2, 0) is 19.1 Å². The van der Waals surface area contributed by atoms with Crippen LogP contribution in [0.4, 0.5) is 5.82 Å². The van der Waals surface area contributed by atoms with Crippen LogP contribution in [0.15, 0.2) is 17.1 Å². The summed E-state index contributed by atoms with van der Waals surface area (Å²) in [7, 11) is 0. The number of rotatable bonds is 5. The van der Waals surface area contributed by atoms with Crippen molar-refractivity contribution in [2.75, 3.05) is 11.1 Å². The lowest BCUT2D eigenvalue weighted by Gasteiger charge is -2.37. The van der Waals surface area contributed by atoms with Crippen LogP contribution in [-0.4, -0.2) is 38.7 Å². The third-order valence-electron chi connectivity index (χ3n) is 5.54. The van der Waals surface area contributed by atoms with E-state index in [2.05, 4.69) is 31.1 Å². The highest BCUT2D eigenvalue weighted by Gasteiger charge is 2.39. The van der Waals surface area contributed by atoms with Crippen LogP contribution in [0.2, 0.25) is 0 Å². The molecule has 1 aromatic rings. The van der Waals surface area contributed by atoms with Crippen LogP contribution < -0.4 is 11.0 Å². The molecule has 5 atom stereocenters. The number of nitrogens with one attached hydrogen (secondary N) is 1. The standard InChI is InChI=1S/C20H29N3O5S/c1-11(2)14-6-5-12(3)9-15(14)27-18(25)19-28-17(10-29-19)23-8-7-16(21-13(4)24)22-20(23)26/h7-8,11-12,14-15,17,19H,5-6,9-10H2,1-4H3,(H,21,22,24,26). The molecule has 1 aliphatic carbocycles. The molecule has 1 aromatic heterocycles. The van der Waals surface area contributed by atoms with Gasteiger partial charge in [0.25, 0.3) is 0 Å². The number of esters is 1. The first-order valence-electron chi connectivity index (χ1n) is 10.1. The van der Waals surface area contributed by atoms with E-state index >= 15 is 0 Å². The second-order valence-corrected chi connectivity index (χ2v) is 9.34. The van der Waals surface area contributed by atoms with Crippen LogP contribution >= 0.6 is 11.8 Å². The smallest absolute Gasteiger partial charge is 0.351 e. The topological polar surface area (TPSA) is 99.5 Å². The van der Waals surface area contributed by atoms with Gasteiger partial charge in [0.15, 0.2) is 0 Å². The molecular weight excluding hydrogens is 394 g/mol. The maximum atomic E-state index is 12.7. The second-order valence-electron chi connectivity index (χ2n) is 8.24. The van der Waals surface area contributed by atoms with E-state index in [1.54, 1.807) is 0 Å². The number of carbonyl (C=O) groups is 2. The first kappa shape index (κ1) is 21.8. The molecule has 1 saturated heterocycles. The normalized spacial score (nSPS) is 29.6. The van der Waals surface area contributed by atoms with Crippen molar-refractivity contribution in [3.8, 4) is 0 Å². The molecule has 9 heteroatoms. The minimum Gasteiger partial charge on any atom is -0.459 e. The van der Waals surface area contributed by atoms with Gasteiger partial charge in [-0.1, -0.05) is 27.2 Å². The Bertz CT molecular complexity index is 812. The Balaban J connectivity index is 1.62. The minimum absolute atomic E-state index is 0.0872. The van der Waals surface area contributed by atoms with E-state index in [1.807, 2.05) is 0 Å². The van der Waals surface area contributed by atoms with Gasteiger partial charge in [-0.15, -0.1) is 11.8 Å². The van der Waals surface area contributed by atoms with Crippen molar-refractivity contribution in [1.29, 1.82) is 0 Å². The zero-order chi connectivity index (χ0) is 21.1. The van der Waals surface area contributed by atoms with E-state index < -0.39 is 17.4 Å². The quantitative estimate of drug-likeness (QED) is 0.727. The molecule has 1 saturated carbocycles. The highest BCUT2D eigenvalue weighted by molar-refractivity contribution is 8.00. The van der Waals surface area contributed by atoms with E-state index in [0.717, 1.165) is 19.3 Å². The van der Waals surface area contributed by atoms with Gasteiger partial charge in [0.05, 0.1) is 0 Å². The van der Waals surface area contributed by atoms with Crippen molar-refractivity contribution in [3.63, 3.8) is 0 Å². The summed E-state index contributed by atoms with van der Waals surface area (Å²) in [5.41, 5.74) is -1.30. The maximum Gasteiger partial charge on any atom is 0.351 e. The number of hydrogen-bond acceptors (Lipinski definition) is 7. The van der Waals surface area contributed by atoms with Crippen molar-refractivity contribution < 1.29 is 19.1 Å². The fourth-order valence-corrected chi connectivity index (χ4v) is 4.97. The summed E-state index contributed by atoms with van der Waals surface area (Å²) < 4.78 is 13.0. The number of hydrogen-bond donors (Lipinski definition) is 1. The number of carbonyl (C=O) groups excluding carboxylic acids is 2. The monoisotopic (exact) mass is 423 g/mol. The Labute approximate surface area is 174 Å².